The van der Waals surface area contributed by atoms with Gasteiger partial charge < -0.3 is 15.2 Å². The van der Waals surface area contributed by atoms with E-state index in [0.29, 0.717) is 5.56 Å². The van der Waals surface area contributed by atoms with Crippen molar-refractivity contribution in [2.24, 2.45) is 0 Å². The molecule has 1 atom stereocenters. The quantitative estimate of drug-likeness (QED) is 0.618. The summed E-state index contributed by atoms with van der Waals surface area (Å²) in [5.41, 5.74) is 0.729. The summed E-state index contributed by atoms with van der Waals surface area (Å²) in [7, 11) is 0. The molecule has 7 heteroatoms. The summed E-state index contributed by atoms with van der Waals surface area (Å²) >= 11 is 0. The zero-order valence-corrected chi connectivity index (χ0v) is 13.4. The van der Waals surface area contributed by atoms with Crippen LogP contribution in [0.15, 0.2) is 48.5 Å². The van der Waals surface area contributed by atoms with Crippen molar-refractivity contribution >= 4 is 17.8 Å². The Hall–Kier alpha value is -3.22. The Morgan fingerprint density at radius 3 is 2.44 bits per heavy atom. The average Bonchev–Trinajstić information content (AvgIpc) is 2.55. The number of carboxylic acid groups (broad SMARTS) is 1. The molecule has 130 valence electrons. The molecule has 1 amide bonds. The maximum Gasteiger partial charge on any atom is 0.326 e. The fraction of sp³-hybridized carbons (Fsp3) is 0.167. The van der Waals surface area contributed by atoms with Gasteiger partial charge in [0, 0.05) is 18.9 Å². The standard InChI is InChI=1S/C18H16FNO5/c1-11(21)25-15-4-2-3-13(10-15)17(22)20-16(18(23)24)9-12-5-7-14(19)8-6-12/h2-8,10,16H,9H2,1H3,(H,20,22)(H,23,24)/t16-/m0/s1. The van der Waals surface area contributed by atoms with Crippen molar-refractivity contribution in [2.75, 3.05) is 0 Å². The minimum Gasteiger partial charge on any atom is -0.480 e. The number of hydrogen-bond donors (Lipinski definition) is 2. The molecule has 0 fully saturated rings. The molecule has 2 aromatic carbocycles. The number of carboxylic acids is 1. The highest BCUT2D eigenvalue weighted by atomic mass is 19.1. The molecule has 0 saturated carbocycles. The summed E-state index contributed by atoms with van der Waals surface area (Å²) in [5, 5.41) is 11.7. The van der Waals surface area contributed by atoms with Gasteiger partial charge in [0.15, 0.2) is 0 Å². The fourth-order valence-electron chi connectivity index (χ4n) is 2.16. The van der Waals surface area contributed by atoms with Crippen LogP contribution >= 0.6 is 0 Å². The van der Waals surface area contributed by atoms with Gasteiger partial charge in [0.2, 0.25) is 0 Å². The number of rotatable bonds is 6. The highest BCUT2D eigenvalue weighted by Gasteiger charge is 2.21. The highest BCUT2D eigenvalue weighted by molar-refractivity contribution is 5.97. The number of aliphatic carboxylic acids is 1. The number of nitrogens with one attached hydrogen (secondary N) is 1. The Bertz CT molecular complexity index is 788. The third kappa shape index (κ3) is 5.42. The van der Waals surface area contributed by atoms with E-state index in [1.165, 1.54) is 55.5 Å². The van der Waals surface area contributed by atoms with Crippen LogP contribution in [0.4, 0.5) is 4.39 Å². The first-order valence-corrected chi connectivity index (χ1v) is 7.42. The van der Waals surface area contributed by atoms with Crippen LogP contribution in [0.1, 0.15) is 22.8 Å². The van der Waals surface area contributed by atoms with Gasteiger partial charge >= 0.3 is 11.9 Å². The molecule has 2 aromatic rings. The van der Waals surface area contributed by atoms with Gasteiger partial charge in [-0.1, -0.05) is 18.2 Å². The molecule has 0 radical (unpaired) electrons. The lowest BCUT2D eigenvalue weighted by Crippen LogP contribution is -2.42. The Balaban J connectivity index is 2.11. The van der Waals surface area contributed by atoms with Gasteiger partial charge in [0.1, 0.15) is 17.6 Å². The third-order valence-corrected chi connectivity index (χ3v) is 3.31. The Kier molecular flexibility index (Phi) is 5.84. The van der Waals surface area contributed by atoms with Crippen LogP contribution in [0.5, 0.6) is 5.75 Å². The Morgan fingerprint density at radius 2 is 1.84 bits per heavy atom. The second kappa shape index (κ2) is 8.05. The molecule has 0 saturated heterocycles. The molecule has 2 N–H and O–H groups in total. The molecule has 0 heterocycles. The second-order valence-electron chi connectivity index (χ2n) is 5.32. The van der Waals surface area contributed by atoms with Crippen LogP contribution in [-0.4, -0.2) is 29.0 Å². The Morgan fingerprint density at radius 1 is 1.16 bits per heavy atom. The van der Waals surface area contributed by atoms with Crippen molar-refractivity contribution in [2.45, 2.75) is 19.4 Å². The lowest BCUT2D eigenvalue weighted by molar-refractivity contribution is -0.139. The van der Waals surface area contributed by atoms with Gasteiger partial charge in [0.05, 0.1) is 0 Å². The van der Waals surface area contributed by atoms with E-state index < -0.39 is 29.7 Å². The summed E-state index contributed by atoms with van der Waals surface area (Å²) in [5.74, 6) is -2.61. The molecule has 6 nitrogen and oxygen atoms in total. The molecular formula is C18H16FNO5. The monoisotopic (exact) mass is 345 g/mol. The number of benzene rings is 2. The first-order valence-electron chi connectivity index (χ1n) is 7.42. The largest absolute Gasteiger partial charge is 0.480 e. The van der Waals surface area contributed by atoms with Gasteiger partial charge in [-0.2, -0.15) is 0 Å². The minimum atomic E-state index is -1.21. The van der Waals surface area contributed by atoms with Crippen molar-refractivity contribution in [1.82, 2.24) is 5.32 Å². The van der Waals surface area contributed by atoms with Gasteiger partial charge in [-0.15, -0.1) is 0 Å². The zero-order chi connectivity index (χ0) is 18.4. The molecule has 0 unspecified atom stereocenters. The number of ether oxygens (including phenoxy) is 1. The normalized spacial score (nSPS) is 11.4. The van der Waals surface area contributed by atoms with Gasteiger partial charge in [-0.3, -0.25) is 9.59 Å². The minimum absolute atomic E-state index is 0.00495. The SMILES string of the molecule is CC(=O)Oc1cccc(C(=O)N[C@@H](Cc2ccc(F)cc2)C(=O)O)c1. The molecular weight excluding hydrogens is 329 g/mol. The predicted octanol–water partition coefficient (Wildman–Crippen LogP) is 2.18. The maximum atomic E-state index is 12.9. The number of halogens is 1. The highest BCUT2D eigenvalue weighted by Crippen LogP contribution is 2.14. The van der Waals surface area contributed by atoms with Crippen molar-refractivity contribution in [3.8, 4) is 5.75 Å². The van der Waals surface area contributed by atoms with Gasteiger partial charge in [-0.05, 0) is 35.9 Å². The van der Waals surface area contributed by atoms with Crippen molar-refractivity contribution in [3.63, 3.8) is 0 Å². The smallest absolute Gasteiger partial charge is 0.326 e. The van der Waals surface area contributed by atoms with Crippen LogP contribution < -0.4 is 10.1 Å². The lowest BCUT2D eigenvalue weighted by atomic mass is 10.1. The van der Waals surface area contributed by atoms with E-state index in [4.69, 9.17) is 4.74 Å². The van der Waals surface area contributed by atoms with Gasteiger partial charge in [0.25, 0.3) is 5.91 Å². The van der Waals surface area contributed by atoms with E-state index in [9.17, 15) is 23.9 Å². The molecule has 0 aromatic heterocycles. The number of esters is 1. The summed E-state index contributed by atoms with van der Waals surface area (Å²) in [4.78, 5) is 34.6. The lowest BCUT2D eigenvalue weighted by Gasteiger charge is -2.15. The first kappa shape index (κ1) is 18.1. The Labute approximate surface area is 143 Å². The van der Waals surface area contributed by atoms with Crippen molar-refractivity contribution < 1.29 is 28.6 Å². The van der Waals surface area contributed by atoms with E-state index >= 15 is 0 Å². The molecule has 0 aliphatic heterocycles. The average molecular weight is 345 g/mol. The van der Waals surface area contributed by atoms with Crippen LogP contribution in [-0.2, 0) is 16.0 Å². The number of carbonyl (C=O) groups is 3. The molecule has 0 bridgehead atoms. The molecule has 0 spiro atoms. The molecule has 25 heavy (non-hydrogen) atoms. The van der Waals surface area contributed by atoms with Crippen LogP contribution in [0, 0.1) is 5.82 Å². The predicted molar refractivity (Wildman–Crippen MR) is 86.7 cm³/mol. The summed E-state index contributed by atoms with van der Waals surface area (Å²) in [6, 6.07) is 10.0. The van der Waals surface area contributed by atoms with E-state index in [0.717, 1.165) is 0 Å². The first-order chi connectivity index (χ1) is 11.8. The van der Waals surface area contributed by atoms with E-state index in [1.54, 1.807) is 0 Å². The number of amides is 1. The maximum absolute atomic E-state index is 12.9. The zero-order valence-electron chi connectivity index (χ0n) is 13.4. The summed E-state index contributed by atoms with van der Waals surface area (Å²) in [6.07, 6.45) is 0.00495. The van der Waals surface area contributed by atoms with E-state index in [1.807, 2.05) is 0 Å². The van der Waals surface area contributed by atoms with Crippen molar-refractivity contribution in [1.29, 1.82) is 0 Å². The molecule has 2 rings (SSSR count). The van der Waals surface area contributed by atoms with Gasteiger partial charge in [-0.25, -0.2) is 9.18 Å². The van der Waals surface area contributed by atoms with Crippen LogP contribution in [0.25, 0.3) is 0 Å². The van der Waals surface area contributed by atoms with Crippen LogP contribution in [0.3, 0.4) is 0 Å². The topological polar surface area (TPSA) is 92.7 Å². The van der Waals surface area contributed by atoms with E-state index in [2.05, 4.69) is 5.32 Å². The number of carbonyl (C=O) groups excluding carboxylic acids is 2. The summed E-state index contributed by atoms with van der Waals surface area (Å²) < 4.78 is 17.8. The molecule has 0 aliphatic carbocycles. The fourth-order valence-corrected chi connectivity index (χ4v) is 2.16. The van der Waals surface area contributed by atoms with Crippen LogP contribution in [0.2, 0.25) is 0 Å². The molecule has 0 aliphatic rings. The van der Waals surface area contributed by atoms with E-state index in [-0.39, 0.29) is 17.7 Å². The number of hydrogen-bond acceptors (Lipinski definition) is 4. The van der Waals surface area contributed by atoms with Crippen molar-refractivity contribution in [3.05, 3.63) is 65.5 Å². The summed E-state index contributed by atoms with van der Waals surface area (Å²) in [6.45, 7) is 1.23. The second-order valence-corrected chi connectivity index (χ2v) is 5.32. The third-order valence-electron chi connectivity index (χ3n) is 3.31.